The summed E-state index contributed by atoms with van der Waals surface area (Å²) in [6.07, 6.45) is 2.83. The second-order valence-corrected chi connectivity index (χ2v) is 3.30. The molecule has 2 nitrogen and oxygen atoms in total. The molecule has 2 saturated heterocycles. The van der Waals surface area contributed by atoms with Gasteiger partial charge in [-0.1, -0.05) is 0 Å². The van der Waals surface area contributed by atoms with Crippen LogP contribution >= 0.6 is 0 Å². The first-order chi connectivity index (χ1) is 4.27. The summed E-state index contributed by atoms with van der Waals surface area (Å²) in [5.74, 6) is 0. The number of fused-ring (bicyclic) bond motifs is 2. The van der Waals surface area contributed by atoms with Crippen molar-refractivity contribution < 1.29 is 56.5 Å². The van der Waals surface area contributed by atoms with Gasteiger partial charge >= 0.3 is 51.4 Å². The van der Waals surface area contributed by atoms with E-state index in [1.165, 1.54) is 6.42 Å². The Bertz CT molecular complexity index is 119. The van der Waals surface area contributed by atoms with E-state index >= 15 is 0 Å². The molecule has 1 saturated carbocycles. The van der Waals surface area contributed by atoms with E-state index in [1.807, 2.05) is 0 Å². The average molecular weight is 165 g/mol. The molecule has 2 bridgehead atoms. The molecule has 2 heterocycles. The molecular formula is C7H12KNO. The standard InChI is InChI=1S/C7H12NO.K/c1-8-5-2-6(8)4-7(9)3-5;/h5-7H,2-4H2,1H3;/q-1;+1. The molecule has 2 unspecified atom stereocenters. The van der Waals surface area contributed by atoms with Crippen LogP contribution in [0.15, 0.2) is 0 Å². The third kappa shape index (κ3) is 1.51. The average Bonchev–Trinajstić information content (AvgIpc) is 1.87. The Morgan fingerprint density at radius 1 is 1.20 bits per heavy atom. The van der Waals surface area contributed by atoms with E-state index in [2.05, 4.69) is 11.9 Å². The largest absolute Gasteiger partial charge is 1.00 e. The van der Waals surface area contributed by atoms with E-state index < -0.39 is 0 Å². The van der Waals surface area contributed by atoms with Crippen molar-refractivity contribution in [2.24, 2.45) is 0 Å². The Morgan fingerprint density at radius 3 is 2.00 bits per heavy atom. The molecule has 0 radical (unpaired) electrons. The summed E-state index contributed by atoms with van der Waals surface area (Å²) in [6.45, 7) is 0. The smallest absolute Gasteiger partial charge is 0.852 e. The molecule has 3 fully saturated rings. The quantitative estimate of drug-likeness (QED) is 0.350. The van der Waals surface area contributed by atoms with Crippen molar-refractivity contribution in [3.63, 3.8) is 0 Å². The van der Waals surface area contributed by atoms with E-state index in [-0.39, 0.29) is 57.5 Å². The molecule has 3 rings (SSSR count). The van der Waals surface area contributed by atoms with Gasteiger partial charge in [-0.3, -0.25) is 0 Å². The van der Waals surface area contributed by atoms with Crippen molar-refractivity contribution in [1.29, 1.82) is 0 Å². The van der Waals surface area contributed by atoms with Gasteiger partial charge in [0, 0.05) is 12.1 Å². The monoisotopic (exact) mass is 165 g/mol. The van der Waals surface area contributed by atoms with Gasteiger partial charge in [0.25, 0.3) is 0 Å². The molecule has 0 N–H and O–H groups in total. The number of rotatable bonds is 0. The first kappa shape index (κ1) is 9.64. The van der Waals surface area contributed by atoms with Gasteiger partial charge in [-0.15, -0.1) is 6.10 Å². The molecule has 0 amide bonds. The van der Waals surface area contributed by atoms with Crippen molar-refractivity contribution >= 4 is 0 Å². The van der Waals surface area contributed by atoms with Gasteiger partial charge in [-0.25, -0.2) is 0 Å². The zero-order chi connectivity index (χ0) is 6.43. The molecule has 52 valence electrons. The topological polar surface area (TPSA) is 26.3 Å². The van der Waals surface area contributed by atoms with Crippen LogP contribution in [0.2, 0.25) is 0 Å². The molecule has 0 aromatic rings. The van der Waals surface area contributed by atoms with Crippen LogP contribution in [0.5, 0.6) is 0 Å². The fourth-order valence-corrected chi connectivity index (χ4v) is 2.03. The molecular weight excluding hydrogens is 153 g/mol. The van der Waals surface area contributed by atoms with Crippen molar-refractivity contribution in [2.45, 2.75) is 37.5 Å². The van der Waals surface area contributed by atoms with Crippen LogP contribution in [0.3, 0.4) is 0 Å². The maximum Gasteiger partial charge on any atom is 1.00 e. The van der Waals surface area contributed by atoms with Gasteiger partial charge in [0.05, 0.1) is 0 Å². The minimum atomic E-state index is -0.245. The molecule has 1 aliphatic carbocycles. The fourth-order valence-electron chi connectivity index (χ4n) is 2.03. The van der Waals surface area contributed by atoms with Crippen molar-refractivity contribution in [1.82, 2.24) is 4.90 Å². The summed E-state index contributed by atoms with van der Waals surface area (Å²) in [6, 6.07) is 1.29. The van der Waals surface area contributed by atoms with Gasteiger partial charge in [0.15, 0.2) is 0 Å². The van der Waals surface area contributed by atoms with Crippen LogP contribution in [0.1, 0.15) is 19.3 Å². The molecule has 0 aromatic carbocycles. The predicted molar refractivity (Wildman–Crippen MR) is 33.0 cm³/mol. The van der Waals surface area contributed by atoms with Crippen molar-refractivity contribution in [3.8, 4) is 0 Å². The normalized spacial score (nSPS) is 45.6. The molecule has 3 heteroatoms. The molecule has 10 heavy (non-hydrogen) atoms. The Hall–Kier alpha value is 1.56. The summed E-state index contributed by atoms with van der Waals surface area (Å²) >= 11 is 0. The van der Waals surface area contributed by atoms with Crippen molar-refractivity contribution in [3.05, 3.63) is 0 Å². The van der Waals surface area contributed by atoms with Gasteiger partial charge < -0.3 is 10.0 Å². The van der Waals surface area contributed by atoms with Crippen LogP contribution in [0, 0.1) is 0 Å². The van der Waals surface area contributed by atoms with E-state index in [0.717, 1.165) is 12.8 Å². The summed E-state index contributed by atoms with van der Waals surface area (Å²) in [4.78, 5) is 2.34. The van der Waals surface area contributed by atoms with Crippen LogP contribution in [-0.2, 0) is 0 Å². The maximum atomic E-state index is 10.9. The van der Waals surface area contributed by atoms with E-state index in [9.17, 15) is 5.11 Å². The minimum Gasteiger partial charge on any atom is -0.852 e. The Balaban J connectivity index is 0.000000500. The van der Waals surface area contributed by atoms with Gasteiger partial charge in [-0.05, 0) is 26.3 Å². The van der Waals surface area contributed by atoms with E-state index in [0.29, 0.717) is 12.1 Å². The SMILES string of the molecule is CN1C2CC([O-])CC1C2.[K+]. The first-order valence-corrected chi connectivity index (χ1v) is 3.65. The Morgan fingerprint density at radius 2 is 1.70 bits per heavy atom. The third-order valence-corrected chi connectivity index (χ3v) is 2.77. The zero-order valence-corrected chi connectivity index (χ0v) is 9.83. The second kappa shape index (κ2) is 3.52. The zero-order valence-electron chi connectivity index (χ0n) is 6.71. The third-order valence-electron chi connectivity index (χ3n) is 2.77. The number of piperidine rings is 1. The Labute approximate surface area is 104 Å². The summed E-state index contributed by atoms with van der Waals surface area (Å²) in [5.41, 5.74) is 0. The Kier molecular flexibility index (Phi) is 3.39. The first-order valence-electron chi connectivity index (χ1n) is 3.65. The van der Waals surface area contributed by atoms with Crippen LogP contribution in [0.4, 0.5) is 0 Å². The summed E-state index contributed by atoms with van der Waals surface area (Å²) in [7, 11) is 2.13. The molecule has 2 aliphatic heterocycles. The van der Waals surface area contributed by atoms with Gasteiger partial charge in [0.2, 0.25) is 0 Å². The fraction of sp³-hybridized carbons (Fsp3) is 1.00. The van der Waals surface area contributed by atoms with Gasteiger partial charge in [0.1, 0.15) is 0 Å². The summed E-state index contributed by atoms with van der Waals surface area (Å²) < 4.78 is 0. The van der Waals surface area contributed by atoms with Crippen LogP contribution in [0.25, 0.3) is 0 Å². The number of nitrogens with zero attached hydrogens (tertiary/aromatic N) is 1. The van der Waals surface area contributed by atoms with Crippen LogP contribution in [-0.4, -0.2) is 30.1 Å². The van der Waals surface area contributed by atoms with Crippen LogP contribution < -0.4 is 56.5 Å². The van der Waals surface area contributed by atoms with Gasteiger partial charge in [-0.2, -0.15) is 0 Å². The number of hydrogen-bond acceptors (Lipinski definition) is 2. The predicted octanol–water partition coefficient (Wildman–Crippen LogP) is -3.41. The molecule has 0 aromatic heterocycles. The summed E-state index contributed by atoms with van der Waals surface area (Å²) in [5, 5.41) is 10.9. The molecule has 2 atom stereocenters. The van der Waals surface area contributed by atoms with Crippen molar-refractivity contribution in [2.75, 3.05) is 7.05 Å². The van der Waals surface area contributed by atoms with E-state index in [4.69, 9.17) is 0 Å². The molecule has 3 aliphatic rings. The van der Waals surface area contributed by atoms with E-state index in [1.54, 1.807) is 0 Å². The minimum absolute atomic E-state index is 0. The maximum absolute atomic E-state index is 10.9. The second-order valence-electron chi connectivity index (χ2n) is 3.30. The molecule has 0 spiro atoms. The number of hydrogen-bond donors (Lipinski definition) is 0.